The first-order valence-corrected chi connectivity index (χ1v) is 6.44. The van der Waals surface area contributed by atoms with Crippen LogP contribution < -0.4 is 4.90 Å². The molecule has 0 radical (unpaired) electrons. The third-order valence-electron chi connectivity index (χ3n) is 3.72. The van der Waals surface area contributed by atoms with Crippen LogP contribution >= 0.6 is 0 Å². The molecule has 102 valence electrons. The fourth-order valence-corrected chi connectivity index (χ4v) is 2.66. The molecule has 5 nitrogen and oxygen atoms in total. The number of esters is 1. The smallest absolute Gasteiger partial charge is 0.338 e. The minimum atomic E-state index is -0.427. The van der Waals surface area contributed by atoms with Gasteiger partial charge in [-0.1, -0.05) is 18.2 Å². The van der Waals surface area contributed by atoms with Gasteiger partial charge in [0.05, 0.1) is 22.4 Å². The molecule has 4 rings (SSSR count). The minimum Gasteiger partial charge on any atom is -0.457 e. The first-order chi connectivity index (χ1) is 10.2. The summed E-state index contributed by atoms with van der Waals surface area (Å²) in [5.74, 6) is -1.17. The molecule has 0 spiro atoms. The Kier molecular flexibility index (Phi) is 2.27. The van der Waals surface area contributed by atoms with Gasteiger partial charge in [0.1, 0.15) is 6.61 Å². The first kappa shape index (κ1) is 11.8. The molecule has 2 aromatic carbocycles. The summed E-state index contributed by atoms with van der Waals surface area (Å²) in [5.41, 5.74) is 2.32. The highest BCUT2D eigenvalue weighted by molar-refractivity contribution is 6.34. The predicted molar refractivity (Wildman–Crippen MR) is 73.1 cm³/mol. The van der Waals surface area contributed by atoms with Crippen molar-refractivity contribution < 1.29 is 19.1 Å². The number of anilines is 1. The molecule has 0 aliphatic carbocycles. The average molecular weight is 279 g/mol. The van der Waals surface area contributed by atoms with Crippen molar-refractivity contribution in [2.45, 2.75) is 6.61 Å². The molecule has 0 aromatic heterocycles. The SMILES string of the molecule is O=C1OCc2ccc(N3C(=O)c4ccccc4C3=O)cc21. The van der Waals surface area contributed by atoms with Crippen molar-refractivity contribution in [1.82, 2.24) is 0 Å². The van der Waals surface area contributed by atoms with E-state index in [-0.39, 0.29) is 18.4 Å². The molecule has 2 aromatic rings. The maximum absolute atomic E-state index is 12.4. The fourth-order valence-electron chi connectivity index (χ4n) is 2.66. The van der Waals surface area contributed by atoms with Crippen LogP contribution in [0.25, 0.3) is 0 Å². The van der Waals surface area contributed by atoms with Crippen LogP contribution in [0.15, 0.2) is 42.5 Å². The summed E-state index contributed by atoms with van der Waals surface area (Å²) in [6.07, 6.45) is 0. The van der Waals surface area contributed by atoms with E-state index >= 15 is 0 Å². The molecule has 0 saturated heterocycles. The number of carbonyl (C=O) groups excluding carboxylic acids is 3. The number of imide groups is 1. The van der Waals surface area contributed by atoms with Crippen LogP contribution in [0.2, 0.25) is 0 Å². The highest BCUT2D eigenvalue weighted by Gasteiger charge is 2.37. The number of hydrogen-bond donors (Lipinski definition) is 0. The van der Waals surface area contributed by atoms with Crippen LogP contribution in [-0.4, -0.2) is 17.8 Å². The fraction of sp³-hybridized carbons (Fsp3) is 0.0625. The Morgan fingerprint density at radius 3 is 2.19 bits per heavy atom. The average Bonchev–Trinajstić information content (AvgIpc) is 2.99. The Bertz CT molecular complexity index is 790. The van der Waals surface area contributed by atoms with Crippen molar-refractivity contribution in [1.29, 1.82) is 0 Å². The molecule has 2 aliphatic heterocycles. The second kappa shape index (κ2) is 4.02. The van der Waals surface area contributed by atoms with Crippen LogP contribution in [0, 0.1) is 0 Å². The van der Waals surface area contributed by atoms with Crippen LogP contribution in [0.4, 0.5) is 5.69 Å². The number of cyclic esters (lactones) is 1. The molecular formula is C16H9NO4. The van der Waals surface area contributed by atoms with Crippen LogP contribution in [0.5, 0.6) is 0 Å². The highest BCUT2D eigenvalue weighted by Crippen LogP contribution is 2.31. The molecule has 0 fully saturated rings. The lowest BCUT2D eigenvalue weighted by Gasteiger charge is -2.14. The largest absolute Gasteiger partial charge is 0.457 e. The maximum atomic E-state index is 12.4. The van der Waals surface area contributed by atoms with Crippen molar-refractivity contribution in [3.8, 4) is 0 Å². The third-order valence-corrected chi connectivity index (χ3v) is 3.72. The summed E-state index contributed by atoms with van der Waals surface area (Å²) < 4.78 is 4.93. The monoisotopic (exact) mass is 279 g/mol. The van der Waals surface area contributed by atoms with Gasteiger partial charge in [-0.05, 0) is 24.3 Å². The van der Waals surface area contributed by atoms with Gasteiger partial charge in [0.2, 0.25) is 0 Å². The summed E-state index contributed by atoms with van der Waals surface area (Å²) in [5, 5.41) is 0. The summed E-state index contributed by atoms with van der Waals surface area (Å²) in [7, 11) is 0. The standard InChI is InChI=1S/C16H9NO4/c18-14-11-3-1-2-4-12(11)15(19)17(14)10-6-5-9-8-21-16(20)13(9)7-10/h1-7H,8H2. The van der Waals surface area contributed by atoms with Gasteiger partial charge in [0.25, 0.3) is 11.8 Å². The van der Waals surface area contributed by atoms with Crippen molar-refractivity contribution >= 4 is 23.5 Å². The van der Waals surface area contributed by atoms with E-state index in [9.17, 15) is 14.4 Å². The lowest BCUT2D eigenvalue weighted by molar-refractivity contribution is 0.0534. The van der Waals surface area contributed by atoms with E-state index in [1.54, 1.807) is 36.4 Å². The third kappa shape index (κ3) is 1.54. The topological polar surface area (TPSA) is 63.7 Å². The van der Waals surface area contributed by atoms with Gasteiger partial charge in [0.15, 0.2) is 0 Å². The Labute approximate surface area is 119 Å². The van der Waals surface area contributed by atoms with E-state index < -0.39 is 5.97 Å². The summed E-state index contributed by atoms with van der Waals surface area (Å²) >= 11 is 0. The van der Waals surface area contributed by atoms with Crippen molar-refractivity contribution in [3.05, 3.63) is 64.7 Å². The highest BCUT2D eigenvalue weighted by atomic mass is 16.5. The second-order valence-corrected chi connectivity index (χ2v) is 4.91. The number of fused-ring (bicyclic) bond motifs is 2. The number of hydrogen-bond acceptors (Lipinski definition) is 4. The minimum absolute atomic E-state index is 0.233. The zero-order valence-electron chi connectivity index (χ0n) is 10.8. The summed E-state index contributed by atoms with van der Waals surface area (Å²) in [4.78, 5) is 37.5. The predicted octanol–water partition coefficient (Wildman–Crippen LogP) is 2.16. The summed E-state index contributed by atoms with van der Waals surface area (Å²) in [6, 6.07) is 11.6. The molecule has 2 heterocycles. The Morgan fingerprint density at radius 2 is 1.52 bits per heavy atom. The van der Waals surface area contributed by atoms with E-state index in [1.165, 1.54) is 6.07 Å². The molecule has 21 heavy (non-hydrogen) atoms. The number of nitrogens with zero attached hydrogens (tertiary/aromatic N) is 1. The molecule has 5 heteroatoms. The zero-order valence-corrected chi connectivity index (χ0v) is 10.8. The van der Waals surface area contributed by atoms with Gasteiger partial charge in [-0.15, -0.1) is 0 Å². The lowest BCUT2D eigenvalue weighted by atomic mass is 10.1. The molecule has 0 bridgehead atoms. The first-order valence-electron chi connectivity index (χ1n) is 6.44. The Morgan fingerprint density at radius 1 is 0.857 bits per heavy atom. The second-order valence-electron chi connectivity index (χ2n) is 4.91. The van der Waals surface area contributed by atoms with Crippen LogP contribution in [0.3, 0.4) is 0 Å². The van der Waals surface area contributed by atoms with Crippen molar-refractivity contribution in [2.75, 3.05) is 4.90 Å². The van der Waals surface area contributed by atoms with E-state index in [0.29, 0.717) is 22.4 Å². The van der Waals surface area contributed by atoms with Gasteiger partial charge in [-0.2, -0.15) is 0 Å². The number of rotatable bonds is 1. The molecule has 2 aliphatic rings. The van der Waals surface area contributed by atoms with E-state index in [0.717, 1.165) is 10.5 Å². The lowest BCUT2D eigenvalue weighted by Crippen LogP contribution is -2.29. The zero-order chi connectivity index (χ0) is 14.6. The maximum Gasteiger partial charge on any atom is 0.338 e. The molecule has 2 amide bonds. The van der Waals surface area contributed by atoms with E-state index in [2.05, 4.69) is 0 Å². The van der Waals surface area contributed by atoms with Crippen molar-refractivity contribution in [2.24, 2.45) is 0 Å². The van der Waals surface area contributed by atoms with E-state index in [4.69, 9.17) is 4.74 Å². The Balaban J connectivity index is 1.83. The van der Waals surface area contributed by atoms with E-state index in [1.807, 2.05) is 0 Å². The quantitative estimate of drug-likeness (QED) is 0.592. The molecule has 0 unspecified atom stereocenters. The van der Waals surface area contributed by atoms with Gasteiger partial charge >= 0.3 is 5.97 Å². The normalized spacial score (nSPS) is 16.0. The van der Waals surface area contributed by atoms with Gasteiger partial charge in [-0.25, -0.2) is 9.69 Å². The van der Waals surface area contributed by atoms with Crippen LogP contribution in [-0.2, 0) is 11.3 Å². The molecule has 0 saturated carbocycles. The molecule has 0 N–H and O–H groups in total. The molecular weight excluding hydrogens is 270 g/mol. The van der Waals surface area contributed by atoms with Gasteiger partial charge < -0.3 is 4.74 Å². The van der Waals surface area contributed by atoms with Crippen molar-refractivity contribution in [3.63, 3.8) is 0 Å². The number of amides is 2. The van der Waals surface area contributed by atoms with Gasteiger partial charge in [-0.3, -0.25) is 9.59 Å². The van der Waals surface area contributed by atoms with Crippen LogP contribution in [0.1, 0.15) is 36.6 Å². The van der Waals surface area contributed by atoms with Gasteiger partial charge in [0, 0.05) is 5.56 Å². The number of ether oxygens (including phenoxy) is 1. The molecule has 0 atom stereocenters. The Hall–Kier alpha value is -2.95. The number of benzene rings is 2. The summed E-state index contributed by atoms with van der Waals surface area (Å²) in [6.45, 7) is 0.233. The number of carbonyl (C=O) groups is 3.